The highest BCUT2D eigenvalue weighted by Crippen LogP contribution is 2.53. The molecule has 2 aromatic rings. The van der Waals surface area contributed by atoms with Crippen molar-refractivity contribution in [3.63, 3.8) is 0 Å². The second-order valence-electron chi connectivity index (χ2n) is 13.3. The standard InChI is InChI=1S/C38H56O4/c1-6-8-10-12-14-16-18-20-35(39)41-31-24-22-30(23-25-31)38(5)29-37(3,4)33-27-26-32(28-34(33)38)42-36(40)21-19-17-15-13-11-9-7-2/h22-28H,6-21,29H2,1-5H3/t38-/m1/s1. The molecule has 0 N–H and O–H groups in total. The fraction of sp³-hybridized carbons (Fsp3) is 0.632. The Morgan fingerprint density at radius 2 is 1.05 bits per heavy atom. The Morgan fingerprint density at radius 1 is 0.595 bits per heavy atom. The summed E-state index contributed by atoms with van der Waals surface area (Å²) < 4.78 is 11.5. The summed E-state index contributed by atoms with van der Waals surface area (Å²) in [6.45, 7) is 11.3. The zero-order valence-corrected chi connectivity index (χ0v) is 27.2. The van der Waals surface area contributed by atoms with Crippen molar-refractivity contribution in [2.24, 2.45) is 0 Å². The van der Waals surface area contributed by atoms with Crippen LogP contribution in [0.2, 0.25) is 0 Å². The first-order chi connectivity index (χ1) is 20.2. The average molecular weight is 577 g/mol. The van der Waals surface area contributed by atoms with Crippen molar-refractivity contribution in [2.45, 2.75) is 155 Å². The summed E-state index contributed by atoms with van der Waals surface area (Å²) in [5.74, 6) is 0.922. The largest absolute Gasteiger partial charge is 0.427 e. The number of ether oxygens (including phenoxy) is 2. The number of rotatable bonds is 19. The zero-order valence-electron chi connectivity index (χ0n) is 27.2. The first kappa shape index (κ1) is 33.9. The number of esters is 2. The van der Waals surface area contributed by atoms with Crippen molar-refractivity contribution in [1.82, 2.24) is 0 Å². The van der Waals surface area contributed by atoms with Gasteiger partial charge in [-0.25, -0.2) is 0 Å². The summed E-state index contributed by atoms with van der Waals surface area (Å²) in [5.41, 5.74) is 3.43. The average Bonchev–Trinajstić information content (AvgIpc) is 3.17. The second kappa shape index (κ2) is 16.9. The summed E-state index contributed by atoms with van der Waals surface area (Å²) in [6.07, 6.45) is 18.4. The summed E-state index contributed by atoms with van der Waals surface area (Å²) in [7, 11) is 0. The van der Waals surface area contributed by atoms with Crippen LogP contribution in [0.5, 0.6) is 11.5 Å². The third kappa shape index (κ3) is 9.99. The number of hydrogen-bond acceptors (Lipinski definition) is 4. The molecule has 0 aliphatic heterocycles. The molecule has 0 unspecified atom stereocenters. The molecular weight excluding hydrogens is 520 g/mol. The first-order valence-electron chi connectivity index (χ1n) is 16.9. The molecule has 4 heteroatoms. The van der Waals surface area contributed by atoms with Crippen LogP contribution in [0.15, 0.2) is 42.5 Å². The van der Waals surface area contributed by atoms with E-state index in [0.717, 1.165) is 32.1 Å². The summed E-state index contributed by atoms with van der Waals surface area (Å²) in [4.78, 5) is 25.0. The van der Waals surface area contributed by atoms with Gasteiger partial charge in [0.2, 0.25) is 0 Å². The quantitative estimate of drug-likeness (QED) is 0.0948. The molecule has 232 valence electrons. The van der Waals surface area contributed by atoms with Gasteiger partial charge in [0, 0.05) is 18.3 Å². The van der Waals surface area contributed by atoms with E-state index in [2.05, 4.69) is 58.9 Å². The van der Waals surface area contributed by atoms with E-state index in [1.165, 1.54) is 80.9 Å². The highest BCUT2D eigenvalue weighted by molar-refractivity contribution is 5.73. The molecule has 0 bridgehead atoms. The Bertz CT molecular complexity index is 1120. The molecule has 1 aliphatic carbocycles. The molecule has 0 heterocycles. The summed E-state index contributed by atoms with van der Waals surface area (Å²) in [6, 6.07) is 14.2. The molecule has 0 spiro atoms. The van der Waals surface area contributed by atoms with Crippen LogP contribution in [0.1, 0.15) is 160 Å². The lowest BCUT2D eigenvalue weighted by molar-refractivity contribution is -0.135. The number of carbonyl (C=O) groups excluding carboxylic acids is 2. The molecule has 4 nitrogen and oxygen atoms in total. The van der Waals surface area contributed by atoms with Gasteiger partial charge in [-0.05, 0) is 65.6 Å². The highest BCUT2D eigenvalue weighted by atomic mass is 16.5. The van der Waals surface area contributed by atoms with Gasteiger partial charge in [0.25, 0.3) is 0 Å². The Kier molecular flexibility index (Phi) is 13.6. The Balaban J connectivity index is 1.57. The van der Waals surface area contributed by atoms with Gasteiger partial charge < -0.3 is 9.47 Å². The molecule has 0 saturated heterocycles. The Labute approximate surface area is 256 Å². The molecule has 1 atom stereocenters. The van der Waals surface area contributed by atoms with Crippen molar-refractivity contribution in [3.8, 4) is 11.5 Å². The Hall–Kier alpha value is -2.62. The van der Waals surface area contributed by atoms with Gasteiger partial charge >= 0.3 is 11.9 Å². The van der Waals surface area contributed by atoms with Crippen LogP contribution in [-0.2, 0) is 20.4 Å². The topological polar surface area (TPSA) is 52.6 Å². The SMILES string of the molecule is CCCCCCCCCC(=O)Oc1ccc([C@@]2(C)CC(C)(C)c3ccc(OC(=O)CCCCCCCCC)cc32)cc1. The zero-order chi connectivity index (χ0) is 30.4. The van der Waals surface area contributed by atoms with E-state index in [4.69, 9.17) is 9.47 Å². The predicted octanol–water partition coefficient (Wildman–Crippen LogP) is 10.8. The van der Waals surface area contributed by atoms with Crippen molar-refractivity contribution < 1.29 is 19.1 Å². The van der Waals surface area contributed by atoms with E-state index in [0.29, 0.717) is 24.3 Å². The third-order valence-electron chi connectivity index (χ3n) is 9.03. The lowest BCUT2D eigenvalue weighted by Gasteiger charge is -2.28. The van der Waals surface area contributed by atoms with Crippen LogP contribution >= 0.6 is 0 Å². The van der Waals surface area contributed by atoms with E-state index < -0.39 is 0 Å². The normalized spacial score (nSPS) is 17.2. The minimum Gasteiger partial charge on any atom is -0.427 e. The molecule has 0 radical (unpaired) electrons. The third-order valence-corrected chi connectivity index (χ3v) is 9.03. The Morgan fingerprint density at radius 3 is 1.57 bits per heavy atom. The number of benzene rings is 2. The van der Waals surface area contributed by atoms with Gasteiger partial charge in [0.1, 0.15) is 11.5 Å². The van der Waals surface area contributed by atoms with Gasteiger partial charge in [-0.15, -0.1) is 0 Å². The number of carbonyl (C=O) groups is 2. The van der Waals surface area contributed by atoms with Gasteiger partial charge in [0.15, 0.2) is 0 Å². The summed E-state index contributed by atoms with van der Waals surface area (Å²) in [5, 5.41) is 0. The molecule has 3 rings (SSSR count). The van der Waals surface area contributed by atoms with Gasteiger partial charge in [-0.3, -0.25) is 9.59 Å². The molecule has 0 aromatic heterocycles. The van der Waals surface area contributed by atoms with Gasteiger partial charge in [0.05, 0.1) is 0 Å². The lowest BCUT2D eigenvalue weighted by Crippen LogP contribution is -2.23. The lowest BCUT2D eigenvalue weighted by atomic mass is 9.75. The number of unbranched alkanes of at least 4 members (excludes halogenated alkanes) is 12. The van der Waals surface area contributed by atoms with Gasteiger partial charge in [-0.1, -0.05) is 130 Å². The van der Waals surface area contributed by atoms with Gasteiger partial charge in [-0.2, -0.15) is 0 Å². The maximum Gasteiger partial charge on any atom is 0.311 e. The smallest absolute Gasteiger partial charge is 0.311 e. The highest BCUT2D eigenvalue weighted by Gasteiger charge is 2.46. The van der Waals surface area contributed by atoms with E-state index in [-0.39, 0.29) is 22.8 Å². The summed E-state index contributed by atoms with van der Waals surface area (Å²) >= 11 is 0. The van der Waals surface area contributed by atoms with Crippen molar-refractivity contribution in [2.75, 3.05) is 0 Å². The van der Waals surface area contributed by atoms with E-state index in [1.54, 1.807) is 0 Å². The minimum atomic E-state index is -0.236. The fourth-order valence-electron chi connectivity index (χ4n) is 6.67. The van der Waals surface area contributed by atoms with E-state index in [1.807, 2.05) is 18.2 Å². The minimum absolute atomic E-state index is 0.00786. The van der Waals surface area contributed by atoms with Crippen molar-refractivity contribution in [1.29, 1.82) is 0 Å². The van der Waals surface area contributed by atoms with Crippen LogP contribution in [-0.4, -0.2) is 11.9 Å². The fourth-order valence-corrected chi connectivity index (χ4v) is 6.67. The monoisotopic (exact) mass is 576 g/mol. The maximum absolute atomic E-state index is 12.6. The van der Waals surface area contributed by atoms with Crippen molar-refractivity contribution >= 4 is 11.9 Å². The molecule has 1 aliphatic rings. The maximum atomic E-state index is 12.6. The second-order valence-corrected chi connectivity index (χ2v) is 13.3. The molecule has 42 heavy (non-hydrogen) atoms. The van der Waals surface area contributed by atoms with Crippen LogP contribution in [0.25, 0.3) is 0 Å². The van der Waals surface area contributed by atoms with Crippen LogP contribution in [0, 0.1) is 0 Å². The predicted molar refractivity (Wildman–Crippen MR) is 173 cm³/mol. The molecule has 0 fully saturated rings. The number of fused-ring (bicyclic) bond motifs is 1. The molecule has 0 saturated carbocycles. The van der Waals surface area contributed by atoms with Crippen LogP contribution < -0.4 is 9.47 Å². The molecular formula is C38H56O4. The number of hydrogen-bond donors (Lipinski definition) is 0. The molecule has 2 aromatic carbocycles. The van der Waals surface area contributed by atoms with Crippen LogP contribution in [0.4, 0.5) is 0 Å². The van der Waals surface area contributed by atoms with E-state index >= 15 is 0 Å². The van der Waals surface area contributed by atoms with E-state index in [9.17, 15) is 9.59 Å². The van der Waals surface area contributed by atoms with Crippen molar-refractivity contribution in [3.05, 3.63) is 59.2 Å². The van der Waals surface area contributed by atoms with Crippen LogP contribution in [0.3, 0.4) is 0 Å². The molecule has 0 amide bonds. The first-order valence-corrected chi connectivity index (χ1v) is 16.9.